The Morgan fingerprint density at radius 1 is 1.18 bits per heavy atom. The lowest BCUT2D eigenvalue weighted by molar-refractivity contribution is -0.115. The highest BCUT2D eigenvalue weighted by atomic mass is 35.5. The number of nitrogens with one attached hydrogen (secondary N) is 1. The predicted molar refractivity (Wildman–Crippen MR) is 113 cm³/mol. The lowest BCUT2D eigenvalue weighted by atomic mass is 10.2. The van der Waals surface area contributed by atoms with Crippen LogP contribution in [0.25, 0.3) is 9.88 Å². The summed E-state index contributed by atoms with van der Waals surface area (Å²) >= 11 is 8.96. The molecule has 0 radical (unpaired) electrons. The molecule has 0 aliphatic rings. The largest absolute Gasteiger partial charge is 0.309 e. The maximum atomic E-state index is 12.3. The summed E-state index contributed by atoms with van der Waals surface area (Å²) < 4.78 is 2.54. The highest BCUT2D eigenvalue weighted by Gasteiger charge is 2.12. The van der Waals surface area contributed by atoms with Crippen LogP contribution < -0.4 is 5.32 Å². The van der Waals surface area contributed by atoms with Gasteiger partial charge in [-0.2, -0.15) is 5.10 Å². The molecule has 0 saturated carbocycles. The second-order valence-electron chi connectivity index (χ2n) is 6.04. The Balaban J connectivity index is 1.31. The molecule has 0 unspecified atom stereocenters. The number of aromatic nitrogens is 4. The smallest absolute Gasteiger partial charge is 0.231 e. The van der Waals surface area contributed by atoms with Gasteiger partial charge in [-0.15, -0.1) is 22.7 Å². The van der Waals surface area contributed by atoms with Gasteiger partial charge in [-0.1, -0.05) is 11.6 Å². The van der Waals surface area contributed by atoms with Gasteiger partial charge in [-0.05, 0) is 36.2 Å². The van der Waals surface area contributed by atoms with E-state index in [4.69, 9.17) is 11.6 Å². The van der Waals surface area contributed by atoms with Crippen molar-refractivity contribution in [1.82, 2.24) is 19.7 Å². The van der Waals surface area contributed by atoms with Gasteiger partial charge < -0.3 is 5.32 Å². The van der Waals surface area contributed by atoms with Crippen LogP contribution >= 0.6 is 34.3 Å². The van der Waals surface area contributed by atoms with Crippen LogP contribution in [0.3, 0.4) is 0 Å². The highest BCUT2D eigenvalue weighted by Crippen LogP contribution is 2.33. The minimum atomic E-state index is -0.138. The Bertz CT molecular complexity index is 1070. The van der Waals surface area contributed by atoms with Crippen molar-refractivity contribution in [2.45, 2.75) is 19.4 Å². The van der Waals surface area contributed by atoms with Gasteiger partial charge in [0.1, 0.15) is 5.01 Å². The Morgan fingerprint density at radius 3 is 2.82 bits per heavy atom. The number of carbonyl (C=O) groups excluding carboxylic acids is 1. The zero-order valence-corrected chi connectivity index (χ0v) is 17.1. The Morgan fingerprint density at radius 2 is 2.04 bits per heavy atom. The molecule has 0 fully saturated rings. The van der Waals surface area contributed by atoms with Crippen molar-refractivity contribution in [3.63, 3.8) is 0 Å². The number of anilines is 1. The number of aryl methyl sites for hydroxylation is 2. The molecule has 4 aromatic rings. The molecule has 0 atom stereocenters. The first kappa shape index (κ1) is 18.8. The zero-order valence-electron chi connectivity index (χ0n) is 14.7. The number of hydrogen-bond acceptors (Lipinski definition) is 6. The molecular formula is C19H16ClN5OS2. The number of thiophene rings is 1. The van der Waals surface area contributed by atoms with E-state index in [9.17, 15) is 4.79 Å². The minimum Gasteiger partial charge on any atom is -0.309 e. The van der Waals surface area contributed by atoms with E-state index in [1.54, 1.807) is 18.5 Å². The van der Waals surface area contributed by atoms with E-state index in [1.165, 1.54) is 28.2 Å². The maximum absolute atomic E-state index is 12.3. The average Bonchev–Trinajstić information content (AvgIpc) is 3.42. The van der Waals surface area contributed by atoms with Crippen LogP contribution in [0.5, 0.6) is 0 Å². The summed E-state index contributed by atoms with van der Waals surface area (Å²) in [5.74, 6) is 0.403. The summed E-state index contributed by atoms with van der Waals surface area (Å²) in [7, 11) is 0. The molecule has 4 heterocycles. The molecule has 0 spiro atoms. The van der Waals surface area contributed by atoms with Crippen LogP contribution in [-0.4, -0.2) is 25.7 Å². The first-order chi connectivity index (χ1) is 13.7. The van der Waals surface area contributed by atoms with Crippen LogP contribution in [0.15, 0.2) is 54.3 Å². The third kappa shape index (κ3) is 4.83. The number of pyridine rings is 1. The van der Waals surface area contributed by atoms with Gasteiger partial charge in [0.2, 0.25) is 5.91 Å². The van der Waals surface area contributed by atoms with Gasteiger partial charge in [-0.25, -0.2) is 4.98 Å². The van der Waals surface area contributed by atoms with Gasteiger partial charge in [-0.3, -0.25) is 14.5 Å². The summed E-state index contributed by atoms with van der Waals surface area (Å²) in [5.41, 5.74) is 1.93. The second kappa shape index (κ2) is 8.64. The van der Waals surface area contributed by atoms with Gasteiger partial charge in [0.25, 0.3) is 0 Å². The van der Waals surface area contributed by atoms with Crippen molar-refractivity contribution in [3.8, 4) is 9.88 Å². The van der Waals surface area contributed by atoms with Crippen molar-refractivity contribution in [3.05, 3.63) is 69.9 Å². The molecule has 0 bridgehead atoms. The molecule has 0 aliphatic carbocycles. The summed E-state index contributed by atoms with van der Waals surface area (Å²) in [5, 5.41) is 10.0. The molecule has 1 amide bonds. The van der Waals surface area contributed by atoms with Crippen molar-refractivity contribution < 1.29 is 4.79 Å². The lowest BCUT2D eigenvalue weighted by Crippen LogP contribution is -2.15. The van der Waals surface area contributed by atoms with Crippen molar-refractivity contribution in [1.29, 1.82) is 0 Å². The molecule has 0 saturated heterocycles. The molecule has 0 aliphatic heterocycles. The molecule has 4 aromatic heterocycles. The van der Waals surface area contributed by atoms with E-state index in [2.05, 4.69) is 20.4 Å². The third-order valence-electron chi connectivity index (χ3n) is 3.96. The van der Waals surface area contributed by atoms with Crippen LogP contribution in [0.1, 0.15) is 11.3 Å². The van der Waals surface area contributed by atoms with E-state index in [0.29, 0.717) is 5.82 Å². The number of rotatable bonds is 7. The number of hydrogen-bond donors (Lipinski definition) is 1. The third-order valence-corrected chi connectivity index (χ3v) is 6.26. The van der Waals surface area contributed by atoms with Gasteiger partial charge in [0, 0.05) is 36.6 Å². The summed E-state index contributed by atoms with van der Waals surface area (Å²) in [6.45, 7) is 0.735. The second-order valence-corrected chi connectivity index (χ2v) is 8.62. The van der Waals surface area contributed by atoms with Gasteiger partial charge in [0.05, 0.1) is 21.3 Å². The fraction of sp³-hybridized carbons (Fsp3) is 0.158. The van der Waals surface area contributed by atoms with E-state index >= 15 is 0 Å². The van der Waals surface area contributed by atoms with Gasteiger partial charge >= 0.3 is 0 Å². The topological polar surface area (TPSA) is 72.7 Å². The molecule has 1 N–H and O–H groups in total. The normalized spacial score (nSPS) is 10.9. The monoisotopic (exact) mass is 429 g/mol. The van der Waals surface area contributed by atoms with Crippen molar-refractivity contribution >= 4 is 46.0 Å². The number of halogens is 1. The Kier molecular flexibility index (Phi) is 5.80. The molecule has 0 aromatic carbocycles. The van der Waals surface area contributed by atoms with Gasteiger partial charge in [0.15, 0.2) is 5.82 Å². The van der Waals surface area contributed by atoms with Crippen LogP contribution in [-0.2, 0) is 24.2 Å². The molecule has 6 nitrogen and oxygen atoms in total. The summed E-state index contributed by atoms with van der Waals surface area (Å²) in [4.78, 5) is 21.8. The lowest BCUT2D eigenvalue weighted by Gasteiger charge is -2.02. The molecular weight excluding hydrogens is 414 g/mol. The first-order valence-corrected chi connectivity index (χ1v) is 10.7. The summed E-state index contributed by atoms with van der Waals surface area (Å²) in [6.07, 6.45) is 6.48. The fourth-order valence-corrected chi connectivity index (χ4v) is 4.56. The average molecular weight is 430 g/mol. The van der Waals surface area contributed by atoms with E-state index in [0.717, 1.165) is 32.9 Å². The van der Waals surface area contributed by atoms with E-state index < -0.39 is 0 Å². The Labute approximate surface area is 174 Å². The van der Waals surface area contributed by atoms with Crippen molar-refractivity contribution in [2.75, 3.05) is 5.32 Å². The van der Waals surface area contributed by atoms with E-state index in [1.807, 2.05) is 40.5 Å². The first-order valence-electron chi connectivity index (χ1n) is 8.58. The zero-order chi connectivity index (χ0) is 19.3. The highest BCUT2D eigenvalue weighted by molar-refractivity contribution is 7.23. The molecule has 142 valence electrons. The minimum absolute atomic E-state index is 0.138. The van der Waals surface area contributed by atoms with E-state index in [-0.39, 0.29) is 12.3 Å². The summed E-state index contributed by atoms with van der Waals surface area (Å²) in [6, 6.07) is 9.55. The molecule has 4 rings (SSSR count). The number of amides is 1. The fourth-order valence-electron chi connectivity index (χ4n) is 2.63. The Hall–Kier alpha value is -2.55. The number of thiazole rings is 1. The van der Waals surface area contributed by atoms with Crippen LogP contribution in [0.4, 0.5) is 5.82 Å². The SMILES string of the molecule is O=C(Cc1csc(-c2ccc(Cl)s2)n1)Nc1ccn(CCc2ccncc2)n1. The van der Waals surface area contributed by atoms with Crippen LogP contribution in [0.2, 0.25) is 4.34 Å². The maximum Gasteiger partial charge on any atom is 0.231 e. The number of nitrogens with zero attached hydrogens (tertiary/aromatic N) is 4. The predicted octanol–water partition coefficient (Wildman–Crippen LogP) is 4.54. The molecule has 9 heteroatoms. The molecule has 28 heavy (non-hydrogen) atoms. The number of carbonyl (C=O) groups is 1. The standard InChI is InChI=1S/C19H16ClN5OS2/c20-16-2-1-15(28-16)19-22-14(12-27-19)11-18(26)23-17-6-10-25(24-17)9-5-13-3-7-21-8-4-13/h1-4,6-8,10,12H,5,9,11H2,(H,23,24,26). The quantitative estimate of drug-likeness (QED) is 0.468. The van der Waals surface area contributed by atoms with Crippen molar-refractivity contribution in [2.24, 2.45) is 0 Å². The van der Waals surface area contributed by atoms with Crippen LogP contribution in [0, 0.1) is 0 Å².